The molecule has 0 aromatic heterocycles. The number of hydrogen-bond acceptors (Lipinski definition) is 5. The molecule has 1 fully saturated rings. The Bertz CT molecular complexity index is 940. The number of nitrogens with one attached hydrogen (secondary N) is 1. The lowest BCUT2D eigenvalue weighted by Crippen LogP contribution is -2.46. The maximum absolute atomic E-state index is 12.7. The average Bonchev–Trinajstić information content (AvgIpc) is 2.78. The number of carbonyl (C=O) groups excluding carboxylic acids is 1. The van der Waals surface area contributed by atoms with Crippen molar-refractivity contribution in [3.8, 4) is 11.5 Å². The zero-order valence-electron chi connectivity index (χ0n) is 18.0. The third-order valence-electron chi connectivity index (χ3n) is 5.36. The fourth-order valence-electron chi connectivity index (χ4n) is 3.57. The van der Waals surface area contributed by atoms with Crippen molar-refractivity contribution in [3.63, 3.8) is 0 Å². The average molecular weight is 447 g/mol. The monoisotopic (exact) mass is 446 g/mol. The molecule has 0 spiro atoms. The van der Waals surface area contributed by atoms with Crippen LogP contribution in [0.25, 0.3) is 0 Å². The van der Waals surface area contributed by atoms with Gasteiger partial charge in [0, 0.05) is 19.0 Å². The highest BCUT2D eigenvalue weighted by molar-refractivity contribution is 7.88. The van der Waals surface area contributed by atoms with Gasteiger partial charge in [-0.15, -0.1) is 0 Å². The van der Waals surface area contributed by atoms with Gasteiger partial charge in [-0.25, -0.2) is 12.7 Å². The van der Waals surface area contributed by atoms with E-state index in [4.69, 9.17) is 9.47 Å². The molecule has 0 unspecified atom stereocenters. The number of benzene rings is 2. The highest BCUT2D eigenvalue weighted by atomic mass is 32.2. The Morgan fingerprint density at radius 3 is 2.29 bits per heavy atom. The van der Waals surface area contributed by atoms with Crippen molar-refractivity contribution in [2.45, 2.75) is 31.6 Å². The molecule has 2 aromatic carbocycles. The highest BCUT2D eigenvalue weighted by Gasteiger charge is 2.31. The number of nitrogens with zero attached hydrogens (tertiary/aromatic N) is 1. The Hall–Kier alpha value is -2.58. The SMILES string of the molecule is COc1ccc(OC[C@H](C)NC(=O)C2CCN(S(=O)(=O)Cc3ccccc3)CC2)cc1. The molecular weight excluding hydrogens is 416 g/mol. The summed E-state index contributed by atoms with van der Waals surface area (Å²) in [6, 6.07) is 16.3. The van der Waals surface area contributed by atoms with Crippen molar-refractivity contribution in [3.05, 3.63) is 60.2 Å². The van der Waals surface area contributed by atoms with E-state index in [0.29, 0.717) is 38.3 Å². The molecule has 1 heterocycles. The molecule has 0 aliphatic carbocycles. The summed E-state index contributed by atoms with van der Waals surface area (Å²) >= 11 is 0. The molecule has 7 nitrogen and oxygen atoms in total. The van der Waals surface area contributed by atoms with Crippen LogP contribution in [-0.4, -0.2) is 51.5 Å². The molecule has 1 aliphatic rings. The third-order valence-corrected chi connectivity index (χ3v) is 7.21. The van der Waals surface area contributed by atoms with E-state index < -0.39 is 10.0 Å². The zero-order valence-corrected chi connectivity index (χ0v) is 18.8. The first-order valence-corrected chi connectivity index (χ1v) is 12.1. The molecule has 31 heavy (non-hydrogen) atoms. The number of hydrogen-bond donors (Lipinski definition) is 1. The number of ether oxygens (including phenoxy) is 2. The van der Waals surface area contributed by atoms with Crippen LogP contribution < -0.4 is 14.8 Å². The van der Waals surface area contributed by atoms with Gasteiger partial charge in [0.25, 0.3) is 0 Å². The van der Waals surface area contributed by atoms with E-state index in [1.54, 1.807) is 7.11 Å². The summed E-state index contributed by atoms with van der Waals surface area (Å²) in [5.74, 6) is 1.21. The number of methoxy groups -OCH3 is 1. The van der Waals surface area contributed by atoms with Crippen LogP contribution in [0.5, 0.6) is 11.5 Å². The van der Waals surface area contributed by atoms with Gasteiger partial charge in [0.2, 0.25) is 15.9 Å². The summed E-state index contributed by atoms with van der Waals surface area (Å²) in [6.45, 7) is 2.97. The van der Waals surface area contributed by atoms with Crippen molar-refractivity contribution in [2.75, 3.05) is 26.8 Å². The molecule has 0 radical (unpaired) electrons. The predicted molar refractivity (Wildman–Crippen MR) is 119 cm³/mol. The second kappa shape index (κ2) is 10.6. The number of sulfonamides is 1. The van der Waals surface area contributed by atoms with Gasteiger partial charge in [0.15, 0.2) is 0 Å². The standard InChI is InChI=1S/C23H30N2O5S/c1-18(16-30-22-10-8-21(29-2)9-11-22)24-23(26)20-12-14-25(15-13-20)31(27,28)17-19-6-4-3-5-7-19/h3-11,18,20H,12-17H2,1-2H3,(H,24,26)/t18-/m0/s1. The molecule has 0 bridgehead atoms. The maximum atomic E-state index is 12.7. The lowest BCUT2D eigenvalue weighted by Gasteiger charge is -2.31. The molecule has 1 aliphatic heterocycles. The van der Waals surface area contributed by atoms with Crippen LogP contribution in [0.1, 0.15) is 25.3 Å². The summed E-state index contributed by atoms with van der Waals surface area (Å²) in [6.07, 6.45) is 1.04. The van der Waals surface area contributed by atoms with Crippen LogP contribution in [0.2, 0.25) is 0 Å². The van der Waals surface area contributed by atoms with Crippen LogP contribution in [-0.2, 0) is 20.6 Å². The summed E-state index contributed by atoms with van der Waals surface area (Å²) in [5, 5.41) is 2.98. The Kier molecular flexibility index (Phi) is 7.92. The Morgan fingerprint density at radius 1 is 1.06 bits per heavy atom. The molecule has 2 aromatic rings. The Morgan fingerprint density at radius 2 is 1.68 bits per heavy atom. The molecular formula is C23H30N2O5S. The molecule has 8 heteroatoms. The largest absolute Gasteiger partial charge is 0.497 e. The van der Waals surface area contributed by atoms with Gasteiger partial charge >= 0.3 is 0 Å². The van der Waals surface area contributed by atoms with E-state index in [0.717, 1.165) is 11.3 Å². The van der Waals surface area contributed by atoms with Gasteiger partial charge in [0.1, 0.15) is 18.1 Å². The lowest BCUT2D eigenvalue weighted by molar-refractivity contribution is -0.126. The zero-order chi connectivity index (χ0) is 22.3. The van der Waals surface area contributed by atoms with Crippen molar-refractivity contribution in [2.24, 2.45) is 5.92 Å². The second-order valence-electron chi connectivity index (χ2n) is 7.81. The summed E-state index contributed by atoms with van der Waals surface area (Å²) in [5.41, 5.74) is 0.771. The van der Waals surface area contributed by atoms with Gasteiger partial charge in [-0.05, 0) is 49.6 Å². The Labute approximate surface area is 184 Å². The van der Waals surface area contributed by atoms with Gasteiger partial charge in [-0.3, -0.25) is 4.79 Å². The van der Waals surface area contributed by atoms with Crippen LogP contribution >= 0.6 is 0 Å². The van der Waals surface area contributed by atoms with Gasteiger partial charge < -0.3 is 14.8 Å². The fraction of sp³-hybridized carbons (Fsp3) is 0.435. The first-order chi connectivity index (χ1) is 14.9. The number of rotatable bonds is 9. The third kappa shape index (κ3) is 6.70. The molecule has 0 saturated carbocycles. The predicted octanol–water partition coefficient (Wildman–Crippen LogP) is 2.82. The first-order valence-electron chi connectivity index (χ1n) is 10.5. The smallest absolute Gasteiger partial charge is 0.223 e. The summed E-state index contributed by atoms with van der Waals surface area (Å²) in [4.78, 5) is 12.6. The van der Waals surface area contributed by atoms with Crippen molar-refractivity contribution in [1.29, 1.82) is 0 Å². The normalized spacial score (nSPS) is 16.5. The molecule has 168 valence electrons. The quantitative estimate of drug-likeness (QED) is 0.640. The van der Waals surface area contributed by atoms with E-state index >= 15 is 0 Å². The summed E-state index contributed by atoms with van der Waals surface area (Å²) < 4.78 is 37.7. The van der Waals surface area contributed by atoms with Crippen molar-refractivity contribution >= 4 is 15.9 Å². The molecule has 3 rings (SSSR count). The topological polar surface area (TPSA) is 84.9 Å². The van der Waals surface area contributed by atoms with Gasteiger partial charge in [-0.1, -0.05) is 30.3 Å². The van der Waals surface area contributed by atoms with Gasteiger partial charge in [-0.2, -0.15) is 0 Å². The maximum Gasteiger partial charge on any atom is 0.223 e. The highest BCUT2D eigenvalue weighted by Crippen LogP contribution is 2.22. The van der Waals surface area contributed by atoms with E-state index in [9.17, 15) is 13.2 Å². The minimum absolute atomic E-state index is 0.00949. The number of carbonyl (C=O) groups is 1. The van der Waals surface area contributed by atoms with Crippen LogP contribution in [0.3, 0.4) is 0 Å². The Balaban J connectivity index is 1.42. The van der Waals surface area contributed by atoms with E-state index in [1.165, 1.54) is 4.31 Å². The fourth-order valence-corrected chi connectivity index (χ4v) is 5.13. The number of piperidine rings is 1. The minimum atomic E-state index is -3.38. The van der Waals surface area contributed by atoms with E-state index in [1.807, 2.05) is 61.5 Å². The van der Waals surface area contributed by atoms with Crippen molar-refractivity contribution < 1.29 is 22.7 Å². The van der Waals surface area contributed by atoms with Crippen LogP contribution in [0.4, 0.5) is 0 Å². The molecule has 1 saturated heterocycles. The van der Waals surface area contributed by atoms with E-state index in [2.05, 4.69) is 5.32 Å². The van der Waals surface area contributed by atoms with Crippen molar-refractivity contribution in [1.82, 2.24) is 9.62 Å². The molecule has 1 amide bonds. The first kappa shape index (κ1) is 23.1. The summed E-state index contributed by atoms with van der Waals surface area (Å²) in [7, 11) is -1.77. The van der Waals surface area contributed by atoms with E-state index in [-0.39, 0.29) is 23.6 Å². The molecule has 1 atom stereocenters. The minimum Gasteiger partial charge on any atom is -0.497 e. The number of amides is 1. The van der Waals surface area contributed by atoms with Crippen LogP contribution in [0, 0.1) is 5.92 Å². The van der Waals surface area contributed by atoms with Gasteiger partial charge in [0.05, 0.1) is 18.9 Å². The lowest BCUT2D eigenvalue weighted by atomic mass is 9.97. The second-order valence-corrected chi connectivity index (χ2v) is 9.78. The van der Waals surface area contributed by atoms with Crippen LogP contribution in [0.15, 0.2) is 54.6 Å². The molecule has 1 N–H and O–H groups in total.